The van der Waals surface area contributed by atoms with E-state index in [1.54, 1.807) is 4.90 Å². The van der Waals surface area contributed by atoms with E-state index < -0.39 is 11.7 Å². The molecule has 2 N–H and O–H groups in total. The van der Waals surface area contributed by atoms with E-state index in [1.165, 1.54) is 18.2 Å². The summed E-state index contributed by atoms with van der Waals surface area (Å²) >= 11 is 0. The van der Waals surface area contributed by atoms with Gasteiger partial charge in [-0.1, -0.05) is 18.2 Å². The van der Waals surface area contributed by atoms with Crippen LogP contribution in [-0.4, -0.2) is 55.0 Å². The van der Waals surface area contributed by atoms with Gasteiger partial charge in [0.25, 0.3) is 0 Å². The molecule has 1 aliphatic rings. The number of hydrogen-bond acceptors (Lipinski definition) is 3. The zero-order valence-corrected chi connectivity index (χ0v) is 13.7. The molecule has 8 heteroatoms. The number of amides is 1. The molecule has 1 atom stereocenters. The first-order chi connectivity index (χ1) is 10.3. The van der Waals surface area contributed by atoms with E-state index in [0.717, 1.165) is 6.07 Å². The van der Waals surface area contributed by atoms with Gasteiger partial charge in [0.05, 0.1) is 18.0 Å². The van der Waals surface area contributed by atoms with Crippen molar-refractivity contribution in [2.45, 2.75) is 18.6 Å². The molecule has 1 unspecified atom stereocenters. The Morgan fingerprint density at radius 1 is 1.30 bits per heavy atom. The number of likely N-dealkylation sites (N-methyl/N-ethyl adjacent to an activating group) is 1. The van der Waals surface area contributed by atoms with Crippen LogP contribution in [0.15, 0.2) is 24.3 Å². The second kappa shape index (κ2) is 7.99. The number of halogens is 4. The summed E-state index contributed by atoms with van der Waals surface area (Å²) in [6, 6.07) is 5.06. The molecule has 4 nitrogen and oxygen atoms in total. The van der Waals surface area contributed by atoms with Gasteiger partial charge in [0.1, 0.15) is 0 Å². The van der Waals surface area contributed by atoms with E-state index in [0.29, 0.717) is 26.2 Å². The van der Waals surface area contributed by atoms with Crippen LogP contribution in [0.3, 0.4) is 0 Å². The van der Waals surface area contributed by atoms with Gasteiger partial charge in [-0.05, 0) is 18.7 Å². The van der Waals surface area contributed by atoms with Crippen molar-refractivity contribution in [3.63, 3.8) is 0 Å². The van der Waals surface area contributed by atoms with Crippen LogP contribution in [0.2, 0.25) is 0 Å². The maximum atomic E-state index is 13.0. The van der Waals surface area contributed by atoms with Crippen molar-refractivity contribution in [2.75, 3.05) is 33.2 Å². The quantitative estimate of drug-likeness (QED) is 0.903. The summed E-state index contributed by atoms with van der Waals surface area (Å²) in [5.74, 6) is -0.305. The molecule has 1 heterocycles. The number of piperazine rings is 1. The summed E-state index contributed by atoms with van der Waals surface area (Å²) in [5.41, 5.74) is 4.95. The van der Waals surface area contributed by atoms with E-state index >= 15 is 0 Å². The number of alkyl halides is 3. The Morgan fingerprint density at radius 3 is 2.57 bits per heavy atom. The lowest BCUT2D eigenvalue weighted by molar-refractivity contribution is -0.139. The van der Waals surface area contributed by atoms with Crippen molar-refractivity contribution >= 4 is 18.3 Å². The fourth-order valence-electron chi connectivity index (χ4n) is 2.76. The van der Waals surface area contributed by atoms with Crippen molar-refractivity contribution in [1.82, 2.24) is 9.80 Å². The highest BCUT2D eigenvalue weighted by molar-refractivity contribution is 5.85. The third-order valence-electron chi connectivity index (χ3n) is 3.94. The largest absolute Gasteiger partial charge is 0.416 e. The molecule has 130 valence electrons. The average Bonchev–Trinajstić information content (AvgIpc) is 2.46. The van der Waals surface area contributed by atoms with Crippen LogP contribution < -0.4 is 5.73 Å². The topological polar surface area (TPSA) is 49.6 Å². The predicted octanol–water partition coefficient (Wildman–Crippen LogP) is 1.77. The van der Waals surface area contributed by atoms with Gasteiger partial charge in [-0.15, -0.1) is 12.4 Å². The standard InChI is InChI=1S/C15H20F3N3O.ClH/c1-20-6-7-21(12(9-19)10-20)14(22)8-11-4-2-3-5-13(11)15(16,17)18;/h2-5,12H,6-10,19H2,1H3;1H. The number of carbonyl (C=O) groups is 1. The zero-order chi connectivity index (χ0) is 16.3. The number of hydrogen-bond donors (Lipinski definition) is 1. The zero-order valence-electron chi connectivity index (χ0n) is 12.8. The molecule has 0 bridgehead atoms. The first kappa shape index (κ1) is 19.7. The van der Waals surface area contributed by atoms with Crippen molar-refractivity contribution in [3.8, 4) is 0 Å². The van der Waals surface area contributed by atoms with Gasteiger partial charge in [0.2, 0.25) is 5.91 Å². The van der Waals surface area contributed by atoms with Gasteiger partial charge >= 0.3 is 6.18 Å². The SMILES string of the molecule is CN1CCN(C(=O)Cc2ccccc2C(F)(F)F)C(CN)C1.Cl. The predicted molar refractivity (Wildman–Crippen MR) is 84.4 cm³/mol. The van der Waals surface area contributed by atoms with Gasteiger partial charge in [0.15, 0.2) is 0 Å². The minimum Gasteiger partial charge on any atom is -0.336 e. The van der Waals surface area contributed by atoms with E-state index in [4.69, 9.17) is 5.73 Å². The molecule has 0 aromatic heterocycles. The first-order valence-corrected chi connectivity index (χ1v) is 7.16. The fourth-order valence-corrected chi connectivity index (χ4v) is 2.76. The molecule has 1 aliphatic heterocycles. The number of nitrogens with two attached hydrogens (primary N) is 1. The minimum atomic E-state index is -4.45. The minimum absolute atomic E-state index is 0. The second-order valence-electron chi connectivity index (χ2n) is 5.57. The van der Waals surface area contributed by atoms with Crippen LogP contribution in [-0.2, 0) is 17.4 Å². The molecular formula is C15H21ClF3N3O. The van der Waals surface area contributed by atoms with E-state index in [9.17, 15) is 18.0 Å². The molecule has 2 rings (SSSR count). The maximum absolute atomic E-state index is 13.0. The molecule has 0 radical (unpaired) electrons. The van der Waals surface area contributed by atoms with Crippen molar-refractivity contribution in [2.24, 2.45) is 5.73 Å². The molecule has 1 aromatic carbocycles. The maximum Gasteiger partial charge on any atom is 0.416 e. The molecule has 0 aliphatic carbocycles. The highest BCUT2D eigenvalue weighted by Crippen LogP contribution is 2.32. The Morgan fingerprint density at radius 2 is 1.96 bits per heavy atom. The Hall–Kier alpha value is -1.31. The van der Waals surface area contributed by atoms with Crippen LogP contribution in [0.5, 0.6) is 0 Å². The third kappa shape index (κ3) is 4.83. The van der Waals surface area contributed by atoms with E-state index in [-0.39, 0.29) is 36.3 Å². The van der Waals surface area contributed by atoms with Crippen LogP contribution in [0.4, 0.5) is 13.2 Å². The lowest BCUT2D eigenvalue weighted by Crippen LogP contribution is -2.57. The lowest BCUT2D eigenvalue weighted by atomic mass is 10.0. The van der Waals surface area contributed by atoms with Gasteiger partial charge in [0, 0.05) is 26.2 Å². The van der Waals surface area contributed by atoms with Crippen molar-refractivity contribution < 1.29 is 18.0 Å². The van der Waals surface area contributed by atoms with Crippen LogP contribution in [0.1, 0.15) is 11.1 Å². The van der Waals surface area contributed by atoms with E-state index in [2.05, 4.69) is 4.90 Å². The summed E-state index contributed by atoms with van der Waals surface area (Å²) < 4.78 is 39.0. The van der Waals surface area contributed by atoms with Gasteiger partial charge in [-0.25, -0.2) is 0 Å². The summed E-state index contributed by atoms with van der Waals surface area (Å²) in [5, 5.41) is 0. The van der Waals surface area contributed by atoms with Crippen LogP contribution in [0.25, 0.3) is 0 Å². The highest BCUT2D eigenvalue weighted by atomic mass is 35.5. The molecule has 23 heavy (non-hydrogen) atoms. The highest BCUT2D eigenvalue weighted by Gasteiger charge is 2.34. The Balaban J connectivity index is 0.00000264. The van der Waals surface area contributed by atoms with Gasteiger partial charge in [-0.2, -0.15) is 13.2 Å². The van der Waals surface area contributed by atoms with E-state index in [1.807, 2.05) is 7.05 Å². The molecule has 0 spiro atoms. The Bertz CT molecular complexity index is 539. The number of nitrogens with zero attached hydrogens (tertiary/aromatic N) is 2. The molecule has 1 saturated heterocycles. The number of benzene rings is 1. The second-order valence-corrected chi connectivity index (χ2v) is 5.57. The average molecular weight is 352 g/mol. The molecular weight excluding hydrogens is 331 g/mol. The Labute approximate surface area is 139 Å². The fraction of sp³-hybridized carbons (Fsp3) is 0.533. The summed E-state index contributed by atoms with van der Waals surface area (Å²) in [6.07, 6.45) is -4.71. The number of carbonyl (C=O) groups excluding carboxylic acids is 1. The molecule has 1 amide bonds. The third-order valence-corrected chi connectivity index (χ3v) is 3.94. The van der Waals surface area contributed by atoms with Gasteiger partial charge in [-0.3, -0.25) is 4.79 Å². The summed E-state index contributed by atoms with van der Waals surface area (Å²) in [4.78, 5) is 16.1. The first-order valence-electron chi connectivity index (χ1n) is 7.16. The molecule has 1 aromatic rings. The molecule has 0 saturated carbocycles. The van der Waals surface area contributed by atoms with Crippen LogP contribution >= 0.6 is 12.4 Å². The lowest BCUT2D eigenvalue weighted by Gasteiger charge is -2.39. The monoisotopic (exact) mass is 351 g/mol. The number of rotatable bonds is 3. The van der Waals surface area contributed by atoms with Crippen molar-refractivity contribution in [3.05, 3.63) is 35.4 Å². The smallest absolute Gasteiger partial charge is 0.336 e. The van der Waals surface area contributed by atoms with Crippen molar-refractivity contribution in [1.29, 1.82) is 0 Å². The van der Waals surface area contributed by atoms with Crippen LogP contribution in [0, 0.1) is 0 Å². The molecule has 1 fully saturated rings. The van der Waals surface area contributed by atoms with Gasteiger partial charge < -0.3 is 15.5 Å². The summed E-state index contributed by atoms with van der Waals surface area (Å²) in [6.45, 7) is 2.13. The Kier molecular flexibility index (Phi) is 6.85. The summed E-state index contributed by atoms with van der Waals surface area (Å²) in [7, 11) is 1.93. The normalized spacial score (nSPS) is 19.3.